The molecule has 0 amide bonds. The third kappa shape index (κ3) is 9.60. The van der Waals surface area contributed by atoms with Crippen LogP contribution in [0.5, 0.6) is 0 Å². The van der Waals surface area contributed by atoms with E-state index in [-0.39, 0.29) is 14.9 Å². The van der Waals surface area contributed by atoms with E-state index in [1.165, 1.54) is 64.2 Å². The van der Waals surface area contributed by atoms with Crippen molar-refractivity contribution in [1.82, 2.24) is 0 Å². The summed E-state index contributed by atoms with van der Waals surface area (Å²) in [7, 11) is 6.64. The van der Waals surface area contributed by atoms with Gasteiger partial charge in [0.15, 0.2) is 0 Å². The molecule has 10 aliphatic rings. The number of allylic oxidation sites excluding steroid dienone is 10. The van der Waals surface area contributed by atoms with Crippen molar-refractivity contribution in [2.75, 3.05) is 0 Å². The number of fused-ring (bicyclic) bond motifs is 10. The van der Waals surface area contributed by atoms with Crippen LogP contribution in [0, 0.1) is 72.0 Å². The van der Waals surface area contributed by atoms with E-state index >= 15 is 0 Å². The normalized spacial score (nSPS) is 33.0. The van der Waals surface area contributed by atoms with Gasteiger partial charge in [0, 0.05) is 11.1 Å². The molecule has 0 N–H and O–H groups in total. The predicted molar refractivity (Wildman–Crippen MR) is 315 cm³/mol. The molecule has 2 fully saturated rings. The molecule has 10 atom stereocenters. The van der Waals surface area contributed by atoms with E-state index in [1.807, 2.05) is 11.1 Å². The second-order valence-electron chi connectivity index (χ2n) is 29.5. The fourth-order valence-corrected chi connectivity index (χ4v) is 30.5. The summed E-state index contributed by atoms with van der Waals surface area (Å²) in [6.07, 6.45) is 29.0. The summed E-state index contributed by atoms with van der Waals surface area (Å²) in [6.45, 7) is 40.8. The van der Waals surface area contributed by atoms with Crippen LogP contribution in [-0.2, 0) is 46.5 Å². The second-order valence-corrected chi connectivity index (χ2v) is 43.0. The van der Waals surface area contributed by atoms with Crippen LogP contribution in [-0.4, -0.2) is 16.1 Å². The molecular weight excluding hydrogens is 1010 g/mol. The molecule has 0 aliphatic heterocycles. The molecule has 0 radical (unpaired) electrons. The first-order valence-electron chi connectivity index (χ1n) is 27.6. The van der Waals surface area contributed by atoms with Crippen molar-refractivity contribution in [2.45, 2.75) is 196 Å². The van der Waals surface area contributed by atoms with Crippen molar-refractivity contribution in [2.24, 2.45) is 57.2 Å². The molecule has 10 unspecified atom stereocenters. The summed E-state index contributed by atoms with van der Waals surface area (Å²) in [6, 6.07) is 9.99. The van der Waals surface area contributed by atoms with E-state index in [0.29, 0.717) is 32.7 Å². The van der Waals surface area contributed by atoms with E-state index in [4.69, 9.17) is 17.0 Å². The average molecular weight is 1110 g/mol. The zero-order valence-corrected chi connectivity index (χ0v) is 53.8. The summed E-state index contributed by atoms with van der Waals surface area (Å²) in [5.74, 6) is 5.15. The number of halogens is 2. The molecule has 0 saturated heterocycles. The van der Waals surface area contributed by atoms with E-state index in [1.54, 1.807) is 66.8 Å². The van der Waals surface area contributed by atoms with Gasteiger partial charge < -0.3 is 14.9 Å². The van der Waals surface area contributed by atoms with Gasteiger partial charge in [-0.2, -0.15) is 0 Å². The van der Waals surface area contributed by atoms with Crippen LogP contribution in [0.25, 0.3) is 12.2 Å². The van der Waals surface area contributed by atoms with Crippen LogP contribution in [0.4, 0.5) is 0 Å². The van der Waals surface area contributed by atoms with Crippen LogP contribution < -0.4 is 0 Å². The van der Waals surface area contributed by atoms with Crippen LogP contribution in [0.3, 0.4) is 0 Å². The molecule has 2 aromatic rings. The average Bonchev–Trinajstić information content (AvgIpc) is 4.09. The summed E-state index contributed by atoms with van der Waals surface area (Å²) >= 11 is -0.826. The van der Waals surface area contributed by atoms with E-state index in [9.17, 15) is 0 Å². The molecular formula is C66H94Cl2Si2Zr. The molecule has 0 aromatic heterocycles. The Balaban J connectivity index is 0.000000176. The third-order valence-electron chi connectivity index (χ3n) is 20.8. The van der Waals surface area contributed by atoms with Gasteiger partial charge in [-0.3, -0.25) is 0 Å². The zero-order chi connectivity index (χ0) is 49.7. The standard InChI is InChI=1S/C32H48Si.C32H40Si.2CH3.2ClH.Zr/c2*1-19-13-25-23(11-9-21-15-31(3,4)17-27(21)25)29(19)33(7,8)30-20(2)14-26-24(30)12-10-22-16-32(5,6)18-28(22)26;;;;;/h9-12,19-20,23-26,29-30H,13-18H2,1-8H3;9-14,29-30H,15-18H2,1-8H3;2*1H3;2*1H;/q;;2*-1;;;+4/p-2. The molecule has 384 valence electrons. The molecule has 2 saturated carbocycles. The molecule has 71 heavy (non-hydrogen) atoms. The van der Waals surface area contributed by atoms with Crippen LogP contribution in [0.1, 0.15) is 177 Å². The van der Waals surface area contributed by atoms with Crippen molar-refractivity contribution in [3.8, 4) is 0 Å². The van der Waals surface area contributed by atoms with Crippen LogP contribution >= 0.6 is 17.0 Å². The fraction of sp³-hybridized carbons (Fsp3) is 0.606. The number of benzene rings is 2. The first kappa shape index (κ1) is 56.0. The Morgan fingerprint density at radius 2 is 0.859 bits per heavy atom. The van der Waals surface area contributed by atoms with Crippen LogP contribution in [0.2, 0.25) is 37.3 Å². The Morgan fingerprint density at radius 1 is 0.507 bits per heavy atom. The summed E-state index contributed by atoms with van der Waals surface area (Å²) < 4.78 is 0. The Kier molecular flexibility index (Phi) is 15.3. The Bertz CT molecular complexity index is 2460. The number of hydrogen-bond acceptors (Lipinski definition) is 0. The topological polar surface area (TPSA) is 0 Å². The van der Waals surface area contributed by atoms with Gasteiger partial charge in [-0.25, -0.2) is 0 Å². The Labute approximate surface area is 456 Å². The number of hydrogen-bond donors (Lipinski definition) is 0. The van der Waals surface area contributed by atoms with Crippen molar-refractivity contribution < 1.29 is 20.8 Å². The van der Waals surface area contributed by atoms with Gasteiger partial charge in [0.1, 0.15) is 0 Å². The minimum atomic E-state index is -1.74. The van der Waals surface area contributed by atoms with Gasteiger partial charge in [0.05, 0.1) is 16.1 Å². The summed E-state index contributed by atoms with van der Waals surface area (Å²) in [5, 5.41) is 0. The maximum atomic E-state index is 4.93. The van der Waals surface area contributed by atoms with Gasteiger partial charge in [-0.05, 0) is 202 Å². The maximum absolute atomic E-state index is 4.93. The summed E-state index contributed by atoms with van der Waals surface area (Å²) in [4.78, 5) is 0. The molecule has 0 bridgehead atoms. The zero-order valence-electron chi connectivity index (χ0n) is 47.9. The van der Waals surface area contributed by atoms with Crippen LogP contribution in [0.15, 0.2) is 82.0 Å². The van der Waals surface area contributed by atoms with Gasteiger partial charge in [-0.15, -0.1) is 0 Å². The van der Waals surface area contributed by atoms with Gasteiger partial charge in [0.25, 0.3) is 0 Å². The molecule has 10 aliphatic carbocycles. The second kappa shape index (κ2) is 19.4. The van der Waals surface area contributed by atoms with E-state index in [0.717, 1.165) is 46.6 Å². The van der Waals surface area contributed by atoms with E-state index in [2.05, 4.69) is 170 Å². The SMILES string of the molecule is CC1=Cc2c(ccc3c2CC(C)(C)C3)C1[Si](C)(C)C1C(C)=Cc2c1ccc1c2CC(C)(C)C1.CC1CC2C3=C(C=CC2C1[Si](C)(C)C1C(C)CC2C4=C(C=CC21)CC(C)(C)C4)CC(C)(C)C3.[CH3-].[CH3-].[Cl][Zr+2][Cl]. The van der Waals surface area contributed by atoms with Gasteiger partial charge in [0.2, 0.25) is 0 Å². The number of rotatable bonds is 4. The molecule has 0 heterocycles. The van der Waals surface area contributed by atoms with Crippen molar-refractivity contribution >= 4 is 45.3 Å². The predicted octanol–water partition coefficient (Wildman–Crippen LogP) is 20.1. The Hall–Kier alpha value is -1.22. The molecule has 5 heteroatoms. The molecule has 2 aromatic carbocycles. The third-order valence-corrected chi connectivity index (χ3v) is 30.6. The van der Waals surface area contributed by atoms with Crippen molar-refractivity contribution in [3.63, 3.8) is 0 Å². The van der Waals surface area contributed by atoms with E-state index < -0.39 is 37.0 Å². The molecule has 0 nitrogen and oxygen atoms in total. The Morgan fingerprint density at radius 3 is 1.23 bits per heavy atom. The monoisotopic (exact) mass is 1100 g/mol. The van der Waals surface area contributed by atoms with Crippen molar-refractivity contribution in [3.05, 3.63) is 141 Å². The first-order valence-corrected chi connectivity index (χ1v) is 40.2. The van der Waals surface area contributed by atoms with Gasteiger partial charge >= 0.3 is 37.9 Å². The van der Waals surface area contributed by atoms with Crippen molar-refractivity contribution in [1.29, 1.82) is 0 Å². The molecule has 0 spiro atoms. The molecule has 12 rings (SSSR count). The van der Waals surface area contributed by atoms with Gasteiger partial charge in [-0.1, -0.05) is 178 Å². The summed E-state index contributed by atoms with van der Waals surface area (Å²) in [5.41, 5.74) is 28.3. The quantitative estimate of drug-likeness (QED) is 0.211. The minimum absolute atomic E-state index is 0. The fourth-order valence-electron chi connectivity index (χ4n) is 19.2. The first-order chi connectivity index (χ1) is 32.2.